The van der Waals surface area contributed by atoms with Crippen molar-refractivity contribution in [2.75, 3.05) is 25.0 Å². The molecule has 0 spiro atoms. The van der Waals surface area contributed by atoms with E-state index in [0.29, 0.717) is 15.6 Å². The van der Waals surface area contributed by atoms with Crippen molar-refractivity contribution in [3.8, 4) is 5.75 Å². The van der Waals surface area contributed by atoms with E-state index in [2.05, 4.69) is 5.32 Å². The summed E-state index contributed by atoms with van der Waals surface area (Å²) < 4.78 is 34.1. The normalized spacial score (nSPS) is 11.9. The monoisotopic (exact) mass is 577 g/mol. The van der Waals surface area contributed by atoms with Crippen molar-refractivity contribution in [1.29, 1.82) is 0 Å². The van der Waals surface area contributed by atoms with Gasteiger partial charge in [0.05, 0.1) is 27.7 Å². The Balaban J connectivity index is 2.08. The van der Waals surface area contributed by atoms with E-state index in [4.69, 9.17) is 27.9 Å². The van der Waals surface area contributed by atoms with Crippen LogP contribution in [0.1, 0.15) is 18.1 Å². The molecule has 11 heteroatoms. The Hall–Kier alpha value is -3.27. The zero-order valence-corrected chi connectivity index (χ0v) is 23.8. The minimum atomic E-state index is -4.20. The molecular formula is C27H29Cl2N3O5S. The quantitative estimate of drug-likeness (QED) is 0.378. The van der Waals surface area contributed by atoms with Crippen LogP contribution in [0.25, 0.3) is 0 Å². The van der Waals surface area contributed by atoms with Crippen LogP contribution in [0.2, 0.25) is 10.0 Å². The van der Waals surface area contributed by atoms with Crippen molar-refractivity contribution >= 4 is 50.7 Å². The molecule has 0 saturated carbocycles. The lowest BCUT2D eigenvalue weighted by Gasteiger charge is -2.32. The minimum Gasteiger partial charge on any atom is -0.495 e. The lowest BCUT2D eigenvalue weighted by atomic mass is 10.1. The van der Waals surface area contributed by atoms with Gasteiger partial charge in [0.25, 0.3) is 10.0 Å². The van der Waals surface area contributed by atoms with E-state index in [1.165, 1.54) is 31.2 Å². The first kappa shape index (κ1) is 29.3. The zero-order valence-electron chi connectivity index (χ0n) is 21.4. The average molecular weight is 579 g/mol. The number of sulfonamides is 1. The Bertz CT molecular complexity index is 1410. The summed E-state index contributed by atoms with van der Waals surface area (Å²) in [4.78, 5) is 27.7. The van der Waals surface area contributed by atoms with Gasteiger partial charge in [0.1, 0.15) is 18.3 Å². The van der Waals surface area contributed by atoms with Crippen LogP contribution in [-0.2, 0) is 26.2 Å². The zero-order chi connectivity index (χ0) is 28.0. The lowest BCUT2D eigenvalue weighted by molar-refractivity contribution is -0.139. The van der Waals surface area contributed by atoms with E-state index in [1.807, 2.05) is 6.92 Å². The lowest BCUT2D eigenvalue weighted by Crippen LogP contribution is -2.50. The Labute approximate surface area is 233 Å². The van der Waals surface area contributed by atoms with E-state index in [1.54, 1.807) is 61.5 Å². The number of nitrogens with zero attached hydrogens (tertiary/aromatic N) is 2. The maximum atomic E-state index is 13.9. The van der Waals surface area contributed by atoms with Crippen LogP contribution in [0.3, 0.4) is 0 Å². The third kappa shape index (κ3) is 6.59. The van der Waals surface area contributed by atoms with Crippen molar-refractivity contribution in [3.63, 3.8) is 0 Å². The highest BCUT2D eigenvalue weighted by Crippen LogP contribution is 2.33. The molecule has 0 radical (unpaired) electrons. The summed E-state index contributed by atoms with van der Waals surface area (Å²) in [6.07, 6.45) is 0. The number of hydrogen-bond donors (Lipinski definition) is 1. The van der Waals surface area contributed by atoms with Gasteiger partial charge in [0.2, 0.25) is 11.8 Å². The standard InChI is InChI=1S/C27H29Cl2N3O5S/c1-18-9-12-21(13-10-18)38(35,36)32(24-7-5-6-8-25(24)37-4)17-26(33)31(19(2)27(34)30-3)16-20-11-14-22(28)23(29)15-20/h5-15,19H,16-17H2,1-4H3,(H,30,34)/t19-/m1/s1. The summed E-state index contributed by atoms with van der Waals surface area (Å²) in [5.74, 6) is -0.747. The molecule has 0 bridgehead atoms. The Morgan fingerprint density at radius 2 is 1.66 bits per heavy atom. The topological polar surface area (TPSA) is 96.0 Å². The van der Waals surface area contributed by atoms with Gasteiger partial charge < -0.3 is 15.0 Å². The number of amides is 2. The number of methoxy groups -OCH3 is 1. The number of likely N-dealkylation sites (N-methyl/N-ethyl adjacent to an activating group) is 1. The number of para-hydroxylation sites is 2. The van der Waals surface area contributed by atoms with Crippen molar-refractivity contribution in [2.24, 2.45) is 0 Å². The highest BCUT2D eigenvalue weighted by molar-refractivity contribution is 7.92. The molecule has 0 saturated heterocycles. The molecular weight excluding hydrogens is 549 g/mol. The third-order valence-electron chi connectivity index (χ3n) is 5.99. The van der Waals surface area contributed by atoms with Gasteiger partial charge in [-0.2, -0.15) is 0 Å². The van der Waals surface area contributed by atoms with Crippen LogP contribution in [-0.4, -0.2) is 51.9 Å². The van der Waals surface area contributed by atoms with Gasteiger partial charge in [-0.05, 0) is 55.8 Å². The first-order chi connectivity index (χ1) is 18.0. The molecule has 0 aromatic heterocycles. The first-order valence-electron chi connectivity index (χ1n) is 11.7. The smallest absolute Gasteiger partial charge is 0.264 e. The number of benzene rings is 3. The molecule has 0 heterocycles. The molecule has 0 aliphatic rings. The summed E-state index contributed by atoms with van der Waals surface area (Å²) in [6.45, 7) is 2.82. The van der Waals surface area contributed by atoms with Gasteiger partial charge in [-0.1, -0.05) is 59.1 Å². The molecule has 202 valence electrons. The highest BCUT2D eigenvalue weighted by atomic mass is 35.5. The molecule has 0 aliphatic carbocycles. The number of anilines is 1. The van der Waals surface area contributed by atoms with Gasteiger partial charge >= 0.3 is 0 Å². The molecule has 0 fully saturated rings. The highest BCUT2D eigenvalue weighted by Gasteiger charge is 2.33. The fourth-order valence-electron chi connectivity index (χ4n) is 3.81. The predicted molar refractivity (Wildman–Crippen MR) is 149 cm³/mol. The van der Waals surface area contributed by atoms with Gasteiger partial charge in [-0.15, -0.1) is 0 Å². The van der Waals surface area contributed by atoms with Gasteiger partial charge in [-0.3, -0.25) is 13.9 Å². The van der Waals surface area contributed by atoms with Crippen LogP contribution in [0.15, 0.2) is 71.6 Å². The van der Waals surface area contributed by atoms with Crippen molar-refractivity contribution < 1.29 is 22.7 Å². The van der Waals surface area contributed by atoms with Gasteiger partial charge in [-0.25, -0.2) is 8.42 Å². The van der Waals surface area contributed by atoms with E-state index in [0.717, 1.165) is 9.87 Å². The summed E-state index contributed by atoms with van der Waals surface area (Å²) >= 11 is 12.2. The average Bonchev–Trinajstić information content (AvgIpc) is 2.91. The Morgan fingerprint density at radius 3 is 2.26 bits per heavy atom. The van der Waals surface area contributed by atoms with Crippen LogP contribution >= 0.6 is 23.2 Å². The van der Waals surface area contributed by atoms with E-state index >= 15 is 0 Å². The molecule has 3 rings (SSSR count). The Kier molecular flexibility index (Phi) is 9.65. The molecule has 0 aliphatic heterocycles. The number of aryl methyl sites for hydroxylation is 1. The fraction of sp³-hybridized carbons (Fsp3) is 0.259. The number of rotatable bonds is 10. The largest absolute Gasteiger partial charge is 0.495 e. The van der Waals surface area contributed by atoms with E-state index in [-0.39, 0.29) is 22.9 Å². The summed E-state index contributed by atoms with van der Waals surface area (Å²) in [5, 5.41) is 3.18. The molecule has 0 unspecified atom stereocenters. The van der Waals surface area contributed by atoms with Crippen LogP contribution in [0.5, 0.6) is 5.75 Å². The summed E-state index contributed by atoms with van der Waals surface area (Å²) in [5.41, 5.74) is 1.69. The van der Waals surface area contributed by atoms with Gasteiger partial charge in [0.15, 0.2) is 0 Å². The maximum Gasteiger partial charge on any atom is 0.264 e. The Morgan fingerprint density at radius 1 is 1.00 bits per heavy atom. The second-order valence-electron chi connectivity index (χ2n) is 8.56. The van der Waals surface area contributed by atoms with Crippen molar-refractivity contribution in [2.45, 2.75) is 31.3 Å². The molecule has 1 atom stereocenters. The molecule has 3 aromatic carbocycles. The number of ether oxygens (including phenoxy) is 1. The SMILES string of the molecule is CNC(=O)[C@@H](C)N(Cc1ccc(Cl)c(Cl)c1)C(=O)CN(c1ccccc1OC)S(=O)(=O)c1ccc(C)cc1. The maximum absolute atomic E-state index is 13.9. The second kappa shape index (κ2) is 12.5. The third-order valence-corrected chi connectivity index (χ3v) is 8.51. The van der Waals surface area contributed by atoms with E-state index < -0.39 is 34.4 Å². The van der Waals surface area contributed by atoms with Crippen LogP contribution < -0.4 is 14.4 Å². The molecule has 2 amide bonds. The molecule has 38 heavy (non-hydrogen) atoms. The van der Waals surface area contributed by atoms with Crippen LogP contribution in [0, 0.1) is 6.92 Å². The van der Waals surface area contributed by atoms with Gasteiger partial charge in [0, 0.05) is 13.6 Å². The number of nitrogens with one attached hydrogen (secondary N) is 1. The summed E-state index contributed by atoms with van der Waals surface area (Å²) in [7, 11) is -1.32. The first-order valence-corrected chi connectivity index (χ1v) is 13.9. The predicted octanol–water partition coefficient (Wildman–Crippen LogP) is 4.67. The van der Waals surface area contributed by atoms with E-state index in [9.17, 15) is 18.0 Å². The number of halogens is 2. The second-order valence-corrected chi connectivity index (χ2v) is 11.2. The number of carbonyl (C=O) groups excluding carboxylic acids is 2. The summed E-state index contributed by atoms with van der Waals surface area (Å²) in [6, 6.07) is 16.8. The number of carbonyl (C=O) groups is 2. The van der Waals surface area contributed by atoms with Crippen molar-refractivity contribution in [1.82, 2.24) is 10.2 Å². The molecule has 1 N–H and O–H groups in total. The van der Waals surface area contributed by atoms with Crippen molar-refractivity contribution in [3.05, 3.63) is 87.9 Å². The number of hydrogen-bond acceptors (Lipinski definition) is 5. The van der Waals surface area contributed by atoms with Crippen LogP contribution in [0.4, 0.5) is 5.69 Å². The fourth-order valence-corrected chi connectivity index (χ4v) is 5.56. The molecule has 8 nitrogen and oxygen atoms in total. The minimum absolute atomic E-state index is 0.00530. The molecule has 3 aromatic rings.